The van der Waals surface area contributed by atoms with Crippen LogP contribution in [0, 0.1) is 11.7 Å². The zero-order chi connectivity index (χ0) is 15.3. The molecule has 3 nitrogen and oxygen atoms in total. The van der Waals surface area contributed by atoms with Crippen LogP contribution >= 0.6 is 0 Å². The maximum atomic E-state index is 13.4. The first-order chi connectivity index (χ1) is 9.25. The SMILES string of the molecule is COc1cc(C(C)NCC(C)(O)CC(C)C)ccc1F. The van der Waals surface area contributed by atoms with Crippen molar-refractivity contribution < 1.29 is 14.2 Å². The van der Waals surface area contributed by atoms with Gasteiger partial charge in [-0.2, -0.15) is 0 Å². The van der Waals surface area contributed by atoms with Crippen LogP contribution in [0.3, 0.4) is 0 Å². The largest absolute Gasteiger partial charge is 0.494 e. The summed E-state index contributed by atoms with van der Waals surface area (Å²) in [6.45, 7) is 8.48. The summed E-state index contributed by atoms with van der Waals surface area (Å²) in [5.41, 5.74) is 0.190. The van der Waals surface area contributed by atoms with Gasteiger partial charge in [-0.25, -0.2) is 4.39 Å². The second-order valence-electron chi connectivity index (χ2n) is 6.09. The van der Waals surface area contributed by atoms with Gasteiger partial charge < -0.3 is 15.2 Å². The third kappa shape index (κ3) is 5.10. The first-order valence-electron chi connectivity index (χ1n) is 7.04. The Morgan fingerprint density at radius 1 is 1.35 bits per heavy atom. The minimum atomic E-state index is -0.744. The van der Waals surface area contributed by atoms with Crippen LogP contribution in [0.25, 0.3) is 0 Å². The Kier molecular flexibility index (Phi) is 5.96. The van der Waals surface area contributed by atoms with E-state index in [0.717, 1.165) is 12.0 Å². The van der Waals surface area contributed by atoms with Crippen molar-refractivity contribution in [3.63, 3.8) is 0 Å². The molecule has 0 radical (unpaired) electrons. The third-order valence-corrected chi connectivity index (χ3v) is 3.31. The Morgan fingerprint density at radius 3 is 2.55 bits per heavy atom. The van der Waals surface area contributed by atoms with Crippen LogP contribution in [0.4, 0.5) is 4.39 Å². The first kappa shape index (κ1) is 16.9. The molecule has 0 fully saturated rings. The zero-order valence-electron chi connectivity index (χ0n) is 13.0. The fourth-order valence-electron chi connectivity index (χ4n) is 2.39. The third-order valence-electron chi connectivity index (χ3n) is 3.31. The van der Waals surface area contributed by atoms with Crippen LogP contribution in [-0.4, -0.2) is 24.4 Å². The van der Waals surface area contributed by atoms with Crippen molar-refractivity contribution in [3.8, 4) is 5.75 Å². The minimum absolute atomic E-state index is 0.0168. The van der Waals surface area contributed by atoms with E-state index in [2.05, 4.69) is 19.2 Å². The monoisotopic (exact) mass is 283 g/mol. The number of nitrogens with one attached hydrogen (secondary N) is 1. The van der Waals surface area contributed by atoms with E-state index in [-0.39, 0.29) is 17.6 Å². The molecular weight excluding hydrogens is 257 g/mol. The molecule has 0 amide bonds. The van der Waals surface area contributed by atoms with E-state index < -0.39 is 5.60 Å². The Bertz CT molecular complexity index is 432. The van der Waals surface area contributed by atoms with E-state index in [1.165, 1.54) is 13.2 Å². The molecule has 1 rings (SSSR count). The molecule has 0 aromatic heterocycles. The highest BCUT2D eigenvalue weighted by Gasteiger charge is 2.22. The maximum absolute atomic E-state index is 13.4. The van der Waals surface area contributed by atoms with Gasteiger partial charge in [0.2, 0.25) is 0 Å². The minimum Gasteiger partial charge on any atom is -0.494 e. The smallest absolute Gasteiger partial charge is 0.165 e. The lowest BCUT2D eigenvalue weighted by atomic mass is 9.94. The van der Waals surface area contributed by atoms with E-state index in [1.54, 1.807) is 12.1 Å². The molecule has 4 heteroatoms. The van der Waals surface area contributed by atoms with Gasteiger partial charge in [-0.3, -0.25) is 0 Å². The number of hydrogen-bond acceptors (Lipinski definition) is 3. The highest BCUT2D eigenvalue weighted by Crippen LogP contribution is 2.23. The number of hydrogen-bond donors (Lipinski definition) is 2. The molecule has 2 unspecified atom stereocenters. The molecule has 0 aliphatic carbocycles. The summed E-state index contributed by atoms with van der Waals surface area (Å²) in [7, 11) is 1.45. The molecular formula is C16H26FNO2. The number of benzene rings is 1. The molecule has 2 atom stereocenters. The van der Waals surface area contributed by atoms with E-state index in [0.29, 0.717) is 12.5 Å². The Morgan fingerprint density at radius 2 is 2.00 bits per heavy atom. The summed E-state index contributed by atoms with van der Waals surface area (Å²) in [5, 5.41) is 13.6. The number of ether oxygens (including phenoxy) is 1. The average Bonchev–Trinajstić information content (AvgIpc) is 2.35. The van der Waals surface area contributed by atoms with Crippen LogP contribution in [0.2, 0.25) is 0 Å². The first-order valence-corrected chi connectivity index (χ1v) is 7.04. The predicted octanol–water partition coefficient (Wildman–Crippen LogP) is 3.28. The van der Waals surface area contributed by atoms with Crippen molar-refractivity contribution in [1.29, 1.82) is 0 Å². The lowest BCUT2D eigenvalue weighted by molar-refractivity contribution is 0.0363. The van der Waals surface area contributed by atoms with Crippen LogP contribution in [0.5, 0.6) is 5.75 Å². The van der Waals surface area contributed by atoms with Gasteiger partial charge in [-0.05, 0) is 43.9 Å². The van der Waals surface area contributed by atoms with E-state index in [4.69, 9.17) is 4.74 Å². The molecule has 2 N–H and O–H groups in total. The summed E-state index contributed by atoms with van der Waals surface area (Å²) in [4.78, 5) is 0. The van der Waals surface area contributed by atoms with Gasteiger partial charge >= 0.3 is 0 Å². The van der Waals surface area contributed by atoms with Gasteiger partial charge in [0.05, 0.1) is 12.7 Å². The highest BCUT2D eigenvalue weighted by atomic mass is 19.1. The quantitative estimate of drug-likeness (QED) is 0.807. The van der Waals surface area contributed by atoms with E-state index in [1.807, 2.05) is 13.8 Å². The van der Waals surface area contributed by atoms with Crippen molar-refractivity contribution >= 4 is 0 Å². The summed E-state index contributed by atoms with van der Waals surface area (Å²) in [6.07, 6.45) is 0.736. The molecule has 0 spiro atoms. The maximum Gasteiger partial charge on any atom is 0.165 e. The van der Waals surface area contributed by atoms with Gasteiger partial charge in [-0.1, -0.05) is 19.9 Å². The summed E-state index contributed by atoms with van der Waals surface area (Å²) in [5.74, 6) is 0.313. The van der Waals surface area contributed by atoms with E-state index >= 15 is 0 Å². The fourth-order valence-corrected chi connectivity index (χ4v) is 2.39. The van der Waals surface area contributed by atoms with Gasteiger partial charge in [0, 0.05) is 12.6 Å². The Balaban J connectivity index is 2.65. The fraction of sp³-hybridized carbons (Fsp3) is 0.625. The standard InChI is InChI=1S/C16H26FNO2/c1-11(2)9-16(4,19)10-18-12(3)13-6-7-14(17)15(8-13)20-5/h6-8,11-12,18-19H,9-10H2,1-5H3. The predicted molar refractivity (Wildman–Crippen MR) is 79.4 cm³/mol. The molecule has 1 aromatic carbocycles. The average molecular weight is 283 g/mol. The van der Waals surface area contributed by atoms with Crippen molar-refractivity contribution in [2.24, 2.45) is 5.92 Å². The molecule has 0 saturated carbocycles. The lowest BCUT2D eigenvalue weighted by Gasteiger charge is -2.28. The molecule has 0 saturated heterocycles. The van der Waals surface area contributed by atoms with Crippen LogP contribution in [0.15, 0.2) is 18.2 Å². The second-order valence-corrected chi connectivity index (χ2v) is 6.09. The molecule has 114 valence electrons. The van der Waals surface area contributed by atoms with Crippen LogP contribution in [0.1, 0.15) is 45.7 Å². The van der Waals surface area contributed by atoms with Crippen LogP contribution < -0.4 is 10.1 Å². The zero-order valence-corrected chi connectivity index (χ0v) is 13.0. The molecule has 0 bridgehead atoms. The van der Waals surface area contributed by atoms with Crippen LogP contribution in [-0.2, 0) is 0 Å². The van der Waals surface area contributed by atoms with Crippen molar-refractivity contribution in [3.05, 3.63) is 29.6 Å². The summed E-state index contributed by atoms with van der Waals surface area (Å²) < 4.78 is 18.3. The molecule has 20 heavy (non-hydrogen) atoms. The number of halogens is 1. The topological polar surface area (TPSA) is 41.5 Å². The van der Waals surface area contributed by atoms with Gasteiger partial charge in [0.25, 0.3) is 0 Å². The van der Waals surface area contributed by atoms with Crippen molar-refractivity contribution in [2.75, 3.05) is 13.7 Å². The van der Waals surface area contributed by atoms with E-state index in [9.17, 15) is 9.50 Å². The van der Waals surface area contributed by atoms with Crippen molar-refractivity contribution in [2.45, 2.75) is 45.8 Å². The van der Waals surface area contributed by atoms with Gasteiger partial charge in [0.1, 0.15) is 0 Å². The Labute approximate surface area is 121 Å². The summed E-state index contributed by atoms with van der Waals surface area (Å²) in [6, 6.07) is 4.83. The lowest BCUT2D eigenvalue weighted by Crippen LogP contribution is -2.39. The number of aliphatic hydroxyl groups is 1. The second kappa shape index (κ2) is 7.04. The Hall–Kier alpha value is -1.13. The van der Waals surface area contributed by atoms with Gasteiger partial charge in [-0.15, -0.1) is 0 Å². The molecule has 0 heterocycles. The molecule has 0 aliphatic heterocycles. The number of methoxy groups -OCH3 is 1. The summed E-state index contributed by atoms with van der Waals surface area (Å²) >= 11 is 0. The van der Waals surface area contributed by atoms with Crippen molar-refractivity contribution in [1.82, 2.24) is 5.32 Å². The van der Waals surface area contributed by atoms with Gasteiger partial charge in [0.15, 0.2) is 11.6 Å². The number of rotatable bonds is 7. The highest BCUT2D eigenvalue weighted by molar-refractivity contribution is 5.31. The molecule has 1 aromatic rings. The molecule has 0 aliphatic rings. The normalized spacial score (nSPS) is 16.0.